The summed E-state index contributed by atoms with van der Waals surface area (Å²) in [6, 6.07) is -0.625. The Morgan fingerprint density at radius 3 is 2.25 bits per heavy atom. The van der Waals surface area contributed by atoms with Gasteiger partial charge in [-0.25, -0.2) is 4.79 Å². The average Bonchev–Trinajstić information content (AvgIpc) is 2.37. The molecule has 0 bridgehead atoms. The minimum atomic E-state index is -0.898. The molecule has 0 fully saturated rings. The number of hydrogen-bond acceptors (Lipinski definition) is 3. The van der Waals surface area contributed by atoms with Crippen molar-refractivity contribution in [1.82, 2.24) is 15.5 Å². The Morgan fingerprint density at radius 2 is 1.80 bits per heavy atom. The van der Waals surface area contributed by atoms with Crippen LogP contribution in [0.15, 0.2) is 0 Å². The lowest BCUT2D eigenvalue weighted by atomic mass is 10.0. The van der Waals surface area contributed by atoms with Crippen LogP contribution < -0.4 is 10.6 Å². The maximum absolute atomic E-state index is 11.7. The zero-order valence-corrected chi connectivity index (χ0v) is 13.1. The van der Waals surface area contributed by atoms with Gasteiger partial charge in [-0.2, -0.15) is 0 Å². The third kappa shape index (κ3) is 8.74. The van der Waals surface area contributed by atoms with Gasteiger partial charge in [0.25, 0.3) is 0 Å². The number of carboxylic acids is 1. The number of hydrogen-bond donors (Lipinski definition) is 3. The standard InChI is InChI=1S/C14H29N3O3/c1-5-17(6-2)9-7-8-15-14(20)16-12(11(3)4)10-13(18)19/h11-12H,5-10H2,1-4H3,(H,18,19)(H2,15,16,20). The van der Waals surface area contributed by atoms with Gasteiger partial charge in [0.05, 0.1) is 6.42 Å². The normalized spacial score (nSPS) is 12.5. The van der Waals surface area contributed by atoms with Gasteiger partial charge in [0.2, 0.25) is 0 Å². The highest BCUT2D eigenvalue weighted by atomic mass is 16.4. The zero-order chi connectivity index (χ0) is 15.5. The molecular formula is C14H29N3O3. The van der Waals surface area contributed by atoms with Crippen molar-refractivity contribution < 1.29 is 14.7 Å². The molecule has 1 unspecified atom stereocenters. The monoisotopic (exact) mass is 287 g/mol. The summed E-state index contributed by atoms with van der Waals surface area (Å²) in [6.45, 7) is 11.6. The van der Waals surface area contributed by atoms with Gasteiger partial charge in [0.1, 0.15) is 0 Å². The first-order valence-corrected chi connectivity index (χ1v) is 7.39. The summed E-state index contributed by atoms with van der Waals surface area (Å²) in [7, 11) is 0. The molecule has 0 aromatic carbocycles. The van der Waals surface area contributed by atoms with E-state index < -0.39 is 5.97 Å². The van der Waals surface area contributed by atoms with Crippen molar-refractivity contribution in [2.75, 3.05) is 26.2 Å². The number of amides is 2. The predicted molar refractivity (Wildman–Crippen MR) is 79.8 cm³/mol. The lowest BCUT2D eigenvalue weighted by Gasteiger charge is -2.21. The molecule has 6 nitrogen and oxygen atoms in total. The van der Waals surface area contributed by atoms with Crippen LogP contribution in [0.4, 0.5) is 4.79 Å². The van der Waals surface area contributed by atoms with Crippen molar-refractivity contribution in [1.29, 1.82) is 0 Å². The van der Waals surface area contributed by atoms with Crippen molar-refractivity contribution in [3.8, 4) is 0 Å². The Bertz CT molecular complexity index is 291. The van der Waals surface area contributed by atoms with E-state index in [1.54, 1.807) is 0 Å². The van der Waals surface area contributed by atoms with Gasteiger partial charge in [-0.05, 0) is 32.0 Å². The number of nitrogens with one attached hydrogen (secondary N) is 2. The third-order valence-electron chi connectivity index (χ3n) is 3.35. The van der Waals surface area contributed by atoms with Crippen molar-refractivity contribution in [3.63, 3.8) is 0 Å². The fourth-order valence-electron chi connectivity index (χ4n) is 1.91. The Morgan fingerprint density at radius 1 is 1.20 bits per heavy atom. The van der Waals surface area contributed by atoms with E-state index in [1.165, 1.54) is 0 Å². The maximum atomic E-state index is 11.7. The first-order chi connectivity index (χ1) is 9.40. The number of aliphatic carboxylic acids is 1. The minimum absolute atomic E-state index is 0.0511. The molecule has 2 amide bonds. The topological polar surface area (TPSA) is 81.7 Å². The molecule has 0 aliphatic rings. The van der Waals surface area contributed by atoms with Crippen LogP contribution in [0.2, 0.25) is 0 Å². The molecule has 0 rings (SSSR count). The van der Waals surface area contributed by atoms with E-state index in [0.29, 0.717) is 6.54 Å². The summed E-state index contributed by atoms with van der Waals surface area (Å²) in [4.78, 5) is 24.7. The summed E-state index contributed by atoms with van der Waals surface area (Å²) in [5, 5.41) is 14.3. The van der Waals surface area contributed by atoms with Crippen LogP contribution >= 0.6 is 0 Å². The summed E-state index contributed by atoms with van der Waals surface area (Å²) in [5.41, 5.74) is 0. The van der Waals surface area contributed by atoms with E-state index in [9.17, 15) is 9.59 Å². The van der Waals surface area contributed by atoms with Gasteiger partial charge in [0.15, 0.2) is 0 Å². The highest BCUT2D eigenvalue weighted by Gasteiger charge is 2.18. The number of urea groups is 1. The largest absolute Gasteiger partial charge is 0.481 e. The first-order valence-electron chi connectivity index (χ1n) is 7.39. The van der Waals surface area contributed by atoms with Crippen molar-refractivity contribution in [3.05, 3.63) is 0 Å². The molecular weight excluding hydrogens is 258 g/mol. The van der Waals surface area contributed by atoms with Crippen molar-refractivity contribution >= 4 is 12.0 Å². The van der Waals surface area contributed by atoms with E-state index in [-0.39, 0.29) is 24.4 Å². The van der Waals surface area contributed by atoms with Gasteiger partial charge >= 0.3 is 12.0 Å². The van der Waals surface area contributed by atoms with Crippen LogP contribution in [-0.2, 0) is 4.79 Å². The van der Waals surface area contributed by atoms with Crippen LogP contribution in [0, 0.1) is 5.92 Å². The van der Waals surface area contributed by atoms with E-state index in [0.717, 1.165) is 26.1 Å². The Kier molecular flexibility index (Phi) is 9.80. The molecule has 0 saturated carbocycles. The highest BCUT2D eigenvalue weighted by Crippen LogP contribution is 2.05. The predicted octanol–water partition coefficient (Wildman–Crippen LogP) is 1.52. The number of nitrogens with zero attached hydrogens (tertiary/aromatic N) is 1. The summed E-state index contributed by atoms with van der Waals surface area (Å²) >= 11 is 0. The van der Waals surface area contributed by atoms with Crippen LogP contribution in [-0.4, -0.2) is 54.2 Å². The lowest BCUT2D eigenvalue weighted by molar-refractivity contribution is -0.137. The number of carboxylic acid groups (broad SMARTS) is 1. The fraction of sp³-hybridized carbons (Fsp3) is 0.857. The smallest absolute Gasteiger partial charge is 0.315 e. The molecule has 0 aromatic rings. The second-order valence-corrected chi connectivity index (χ2v) is 5.23. The van der Waals surface area contributed by atoms with Crippen LogP contribution in [0.3, 0.4) is 0 Å². The van der Waals surface area contributed by atoms with E-state index in [2.05, 4.69) is 29.4 Å². The van der Waals surface area contributed by atoms with Gasteiger partial charge < -0.3 is 20.6 Å². The molecule has 0 aliphatic heterocycles. The second-order valence-electron chi connectivity index (χ2n) is 5.23. The first kappa shape index (κ1) is 18.7. The van der Waals surface area contributed by atoms with E-state index in [1.807, 2.05) is 13.8 Å². The van der Waals surface area contributed by atoms with Gasteiger partial charge in [-0.1, -0.05) is 27.7 Å². The Balaban J connectivity index is 3.93. The van der Waals surface area contributed by atoms with Crippen molar-refractivity contribution in [2.45, 2.75) is 46.6 Å². The summed E-state index contributed by atoms with van der Waals surface area (Å²) in [5.74, 6) is -0.807. The molecule has 3 N–H and O–H groups in total. The third-order valence-corrected chi connectivity index (χ3v) is 3.35. The van der Waals surface area contributed by atoms with Crippen LogP contribution in [0.25, 0.3) is 0 Å². The zero-order valence-electron chi connectivity index (χ0n) is 13.1. The van der Waals surface area contributed by atoms with Crippen molar-refractivity contribution in [2.24, 2.45) is 5.92 Å². The maximum Gasteiger partial charge on any atom is 0.315 e. The SMILES string of the molecule is CCN(CC)CCCNC(=O)NC(CC(=O)O)C(C)C. The number of rotatable bonds is 10. The molecule has 6 heteroatoms. The molecule has 118 valence electrons. The summed E-state index contributed by atoms with van der Waals surface area (Å²) < 4.78 is 0. The Labute approximate surface area is 121 Å². The Hall–Kier alpha value is -1.30. The number of carbonyl (C=O) groups excluding carboxylic acids is 1. The molecule has 0 spiro atoms. The quantitative estimate of drug-likeness (QED) is 0.532. The van der Waals surface area contributed by atoms with Crippen LogP contribution in [0.1, 0.15) is 40.5 Å². The molecule has 1 atom stereocenters. The van der Waals surface area contributed by atoms with E-state index in [4.69, 9.17) is 5.11 Å². The van der Waals surface area contributed by atoms with Gasteiger partial charge in [-0.3, -0.25) is 4.79 Å². The van der Waals surface area contributed by atoms with E-state index >= 15 is 0 Å². The fourth-order valence-corrected chi connectivity index (χ4v) is 1.91. The molecule has 20 heavy (non-hydrogen) atoms. The molecule has 0 aliphatic carbocycles. The molecule has 0 radical (unpaired) electrons. The molecule has 0 heterocycles. The average molecular weight is 287 g/mol. The number of carbonyl (C=O) groups is 2. The molecule has 0 saturated heterocycles. The van der Waals surface area contributed by atoms with Crippen LogP contribution in [0.5, 0.6) is 0 Å². The van der Waals surface area contributed by atoms with Gasteiger partial charge in [0, 0.05) is 12.6 Å². The van der Waals surface area contributed by atoms with Gasteiger partial charge in [-0.15, -0.1) is 0 Å². The minimum Gasteiger partial charge on any atom is -0.481 e. The lowest BCUT2D eigenvalue weighted by Crippen LogP contribution is -2.46. The molecule has 0 aromatic heterocycles. The summed E-state index contributed by atoms with van der Waals surface area (Å²) in [6.07, 6.45) is 0.838. The highest BCUT2D eigenvalue weighted by molar-refractivity contribution is 5.75. The second kappa shape index (κ2) is 10.5.